The molecule has 0 spiro atoms. The number of rotatable bonds is 5. The van der Waals surface area contributed by atoms with E-state index in [0.717, 1.165) is 5.52 Å². The van der Waals surface area contributed by atoms with Gasteiger partial charge in [0.25, 0.3) is 5.91 Å². The van der Waals surface area contributed by atoms with Crippen LogP contribution in [0.4, 0.5) is 5.69 Å². The first-order chi connectivity index (χ1) is 15.5. The van der Waals surface area contributed by atoms with Gasteiger partial charge < -0.3 is 19.2 Å². The van der Waals surface area contributed by atoms with Gasteiger partial charge in [-0.05, 0) is 54.7 Å². The van der Waals surface area contributed by atoms with Crippen molar-refractivity contribution in [2.45, 2.75) is 0 Å². The Hall–Kier alpha value is -3.62. The molecule has 0 unspecified atom stereocenters. The van der Waals surface area contributed by atoms with Crippen LogP contribution < -0.4 is 20.1 Å². The summed E-state index contributed by atoms with van der Waals surface area (Å²) in [4.78, 5) is 17.3. The SMILES string of the molecule is COc1cccc(OC)c1C(=O)NC(=S)Nc1cc(-c2nc3ccccc3o2)ccc1Cl. The van der Waals surface area contributed by atoms with Gasteiger partial charge in [-0.3, -0.25) is 10.1 Å². The molecule has 4 rings (SSSR count). The van der Waals surface area contributed by atoms with Crippen molar-refractivity contribution in [2.75, 3.05) is 19.5 Å². The van der Waals surface area contributed by atoms with Crippen LogP contribution in [-0.4, -0.2) is 30.2 Å². The van der Waals surface area contributed by atoms with Crippen LogP contribution in [0.1, 0.15) is 10.4 Å². The van der Waals surface area contributed by atoms with Crippen molar-refractivity contribution >= 4 is 51.6 Å². The first kappa shape index (κ1) is 21.6. The number of halogens is 1. The molecule has 0 aliphatic carbocycles. The van der Waals surface area contributed by atoms with Gasteiger partial charge in [0.15, 0.2) is 10.7 Å². The summed E-state index contributed by atoms with van der Waals surface area (Å²) in [5.74, 6) is 0.684. The number of oxazole rings is 1. The largest absolute Gasteiger partial charge is 0.496 e. The van der Waals surface area contributed by atoms with Crippen LogP contribution in [0.5, 0.6) is 11.5 Å². The van der Waals surface area contributed by atoms with E-state index in [0.29, 0.717) is 39.2 Å². The molecule has 1 heterocycles. The monoisotopic (exact) mass is 467 g/mol. The molecule has 0 fully saturated rings. The van der Waals surface area contributed by atoms with Crippen molar-refractivity contribution in [1.29, 1.82) is 0 Å². The van der Waals surface area contributed by atoms with Gasteiger partial charge in [-0.1, -0.05) is 29.8 Å². The zero-order valence-electron chi connectivity index (χ0n) is 17.1. The molecule has 7 nitrogen and oxygen atoms in total. The van der Waals surface area contributed by atoms with Gasteiger partial charge in [-0.15, -0.1) is 0 Å². The fourth-order valence-electron chi connectivity index (χ4n) is 3.14. The zero-order chi connectivity index (χ0) is 22.7. The molecule has 9 heteroatoms. The van der Waals surface area contributed by atoms with E-state index < -0.39 is 5.91 Å². The van der Waals surface area contributed by atoms with Crippen molar-refractivity contribution in [1.82, 2.24) is 10.3 Å². The predicted octanol–water partition coefficient (Wildman–Crippen LogP) is 5.29. The Morgan fingerprint density at radius 1 is 1.03 bits per heavy atom. The molecule has 0 saturated heterocycles. The van der Waals surface area contributed by atoms with Crippen molar-refractivity contribution in [3.63, 3.8) is 0 Å². The number of thiocarbonyl (C=S) groups is 1. The Labute approximate surface area is 194 Å². The van der Waals surface area contributed by atoms with Gasteiger partial charge in [-0.2, -0.15) is 0 Å². The molecule has 2 N–H and O–H groups in total. The van der Waals surface area contributed by atoms with E-state index in [1.807, 2.05) is 24.3 Å². The smallest absolute Gasteiger partial charge is 0.264 e. The second kappa shape index (κ2) is 9.25. The van der Waals surface area contributed by atoms with E-state index in [1.165, 1.54) is 14.2 Å². The molecule has 0 aliphatic heterocycles. The van der Waals surface area contributed by atoms with Crippen LogP contribution in [0.25, 0.3) is 22.6 Å². The number of fused-ring (bicyclic) bond motifs is 1. The summed E-state index contributed by atoms with van der Waals surface area (Å²) in [5, 5.41) is 6.04. The van der Waals surface area contributed by atoms with Crippen molar-refractivity contribution < 1.29 is 18.7 Å². The summed E-state index contributed by atoms with van der Waals surface area (Å²) in [7, 11) is 2.94. The predicted molar refractivity (Wildman–Crippen MR) is 128 cm³/mol. The molecule has 4 aromatic rings. The average Bonchev–Trinajstić information content (AvgIpc) is 3.24. The molecule has 0 aliphatic rings. The van der Waals surface area contributed by atoms with Crippen molar-refractivity contribution in [2.24, 2.45) is 0 Å². The maximum atomic E-state index is 12.8. The third kappa shape index (κ3) is 4.37. The highest BCUT2D eigenvalue weighted by molar-refractivity contribution is 7.80. The fourth-order valence-corrected chi connectivity index (χ4v) is 3.51. The molecule has 1 amide bonds. The van der Waals surface area contributed by atoms with E-state index in [4.69, 9.17) is 37.7 Å². The molecule has 0 bridgehead atoms. The summed E-state index contributed by atoms with van der Waals surface area (Å²) >= 11 is 11.7. The lowest BCUT2D eigenvalue weighted by Crippen LogP contribution is -2.34. The van der Waals surface area contributed by atoms with E-state index in [2.05, 4.69) is 15.6 Å². The molecule has 162 valence electrons. The Morgan fingerprint density at radius 3 is 2.44 bits per heavy atom. The Bertz CT molecular complexity index is 1270. The Balaban J connectivity index is 1.55. The second-order valence-electron chi connectivity index (χ2n) is 6.63. The number of carbonyl (C=O) groups excluding carboxylic acids is 1. The molecule has 3 aromatic carbocycles. The standard InChI is InChI=1S/C23H18ClN3O4S/c1-29-18-8-5-9-19(30-2)20(18)21(28)27-23(32)26-16-12-13(10-11-14(16)24)22-25-15-6-3-4-7-17(15)31-22/h3-12H,1-2H3,(H2,26,27,28,32). The number of methoxy groups -OCH3 is 2. The van der Waals surface area contributed by atoms with Gasteiger partial charge in [0.1, 0.15) is 22.6 Å². The van der Waals surface area contributed by atoms with E-state index in [9.17, 15) is 4.79 Å². The van der Waals surface area contributed by atoms with Crippen LogP contribution in [0.15, 0.2) is 65.1 Å². The third-order valence-electron chi connectivity index (χ3n) is 4.64. The number of ether oxygens (including phenoxy) is 2. The minimum absolute atomic E-state index is 0.0552. The fraction of sp³-hybridized carbons (Fsp3) is 0.0870. The van der Waals surface area contributed by atoms with Crippen LogP contribution in [-0.2, 0) is 0 Å². The summed E-state index contributed by atoms with van der Waals surface area (Å²) in [6, 6.07) is 17.8. The number of amides is 1. The summed E-state index contributed by atoms with van der Waals surface area (Å²) in [5.41, 5.74) is 2.85. The maximum absolute atomic E-state index is 12.8. The van der Waals surface area contributed by atoms with Crippen LogP contribution >= 0.6 is 23.8 Å². The highest BCUT2D eigenvalue weighted by Crippen LogP contribution is 2.31. The number of aromatic nitrogens is 1. The second-order valence-corrected chi connectivity index (χ2v) is 7.44. The van der Waals surface area contributed by atoms with E-state index in [1.54, 1.807) is 36.4 Å². The molecule has 1 aromatic heterocycles. The number of anilines is 1. The number of carbonyl (C=O) groups is 1. The van der Waals surface area contributed by atoms with Gasteiger partial charge >= 0.3 is 0 Å². The highest BCUT2D eigenvalue weighted by atomic mass is 35.5. The van der Waals surface area contributed by atoms with Crippen LogP contribution in [0.2, 0.25) is 5.02 Å². The number of hydrogen-bond acceptors (Lipinski definition) is 6. The van der Waals surface area contributed by atoms with Gasteiger partial charge in [-0.25, -0.2) is 4.98 Å². The van der Waals surface area contributed by atoms with Gasteiger partial charge in [0.05, 0.1) is 24.9 Å². The number of nitrogens with zero attached hydrogens (tertiary/aromatic N) is 1. The summed E-state index contributed by atoms with van der Waals surface area (Å²) < 4.78 is 16.4. The van der Waals surface area contributed by atoms with E-state index >= 15 is 0 Å². The molecule has 0 radical (unpaired) electrons. The lowest BCUT2D eigenvalue weighted by molar-refractivity contribution is 0.0971. The van der Waals surface area contributed by atoms with Gasteiger partial charge in [0.2, 0.25) is 5.89 Å². The minimum Gasteiger partial charge on any atom is -0.496 e. The number of benzene rings is 3. The molecule has 32 heavy (non-hydrogen) atoms. The normalized spacial score (nSPS) is 10.6. The Morgan fingerprint density at radius 2 is 1.75 bits per heavy atom. The van der Waals surface area contributed by atoms with Crippen LogP contribution in [0, 0.1) is 0 Å². The first-order valence-electron chi connectivity index (χ1n) is 9.49. The third-order valence-corrected chi connectivity index (χ3v) is 5.17. The topological polar surface area (TPSA) is 85.6 Å². The molecule has 0 atom stereocenters. The lowest BCUT2D eigenvalue weighted by Gasteiger charge is -2.15. The highest BCUT2D eigenvalue weighted by Gasteiger charge is 2.19. The molecule has 0 saturated carbocycles. The maximum Gasteiger partial charge on any atom is 0.264 e. The lowest BCUT2D eigenvalue weighted by atomic mass is 10.1. The Kier molecular flexibility index (Phi) is 6.25. The quantitative estimate of drug-likeness (QED) is 0.385. The molecular formula is C23H18ClN3O4S. The average molecular weight is 468 g/mol. The van der Waals surface area contributed by atoms with Gasteiger partial charge in [0, 0.05) is 5.56 Å². The molecular weight excluding hydrogens is 450 g/mol. The first-order valence-corrected chi connectivity index (χ1v) is 10.3. The number of nitrogens with one attached hydrogen (secondary N) is 2. The zero-order valence-corrected chi connectivity index (χ0v) is 18.7. The van der Waals surface area contributed by atoms with Crippen LogP contribution in [0.3, 0.4) is 0 Å². The van der Waals surface area contributed by atoms with E-state index in [-0.39, 0.29) is 10.7 Å². The number of para-hydroxylation sites is 2. The van der Waals surface area contributed by atoms with Crippen molar-refractivity contribution in [3.8, 4) is 23.0 Å². The minimum atomic E-state index is -0.483. The van der Waals surface area contributed by atoms with Crippen molar-refractivity contribution in [3.05, 3.63) is 71.2 Å². The summed E-state index contributed by atoms with van der Waals surface area (Å²) in [6.07, 6.45) is 0. The number of hydrogen-bond donors (Lipinski definition) is 2. The summed E-state index contributed by atoms with van der Waals surface area (Å²) in [6.45, 7) is 0.